The third-order valence-corrected chi connectivity index (χ3v) is 5.23. The number of nitrogen functional groups attached to an aromatic ring is 1. The van der Waals surface area contributed by atoms with Crippen LogP contribution in [-0.2, 0) is 0 Å². The van der Waals surface area contributed by atoms with E-state index in [0.29, 0.717) is 28.3 Å². The van der Waals surface area contributed by atoms with Gasteiger partial charge in [-0.15, -0.1) is 0 Å². The number of anilines is 1. The molecule has 110 valence electrons. The highest BCUT2D eigenvalue weighted by Crippen LogP contribution is 2.62. The molecule has 0 spiro atoms. The lowest BCUT2D eigenvalue weighted by Gasteiger charge is -2.05. The van der Waals surface area contributed by atoms with Crippen LogP contribution in [0.1, 0.15) is 37.3 Å². The van der Waals surface area contributed by atoms with E-state index in [9.17, 15) is 4.39 Å². The van der Waals surface area contributed by atoms with Crippen LogP contribution in [0.3, 0.4) is 0 Å². The van der Waals surface area contributed by atoms with Gasteiger partial charge in [0.15, 0.2) is 0 Å². The second kappa shape index (κ2) is 4.73. The summed E-state index contributed by atoms with van der Waals surface area (Å²) in [6, 6.07) is 4.33. The Morgan fingerprint density at radius 2 is 1.95 bits per heavy atom. The molecule has 2 aliphatic rings. The van der Waals surface area contributed by atoms with Crippen LogP contribution in [0, 0.1) is 17.7 Å². The largest absolute Gasteiger partial charge is 0.367 e. The van der Waals surface area contributed by atoms with Crippen LogP contribution in [0.2, 0.25) is 5.02 Å². The molecule has 0 radical (unpaired) electrons. The molecule has 3 nitrogen and oxygen atoms in total. The van der Waals surface area contributed by atoms with Crippen molar-refractivity contribution in [1.82, 2.24) is 5.16 Å². The summed E-state index contributed by atoms with van der Waals surface area (Å²) in [6.07, 6.45) is 5.08. The van der Waals surface area contributed by atoms with E-state index in [2.05, 4.69) is 5.16 Å². The van der Waals surface area contributed by atoms with Gasteiger partial charge >= 0.3 is 0 Å². The lowest BCUT2D eigenvalue weighted by Crippen LogP contribution is -1.92. The van der Waals surface area contributed by atoms with Crippen LogP contribution in [0.15, 0.2) is 22.7 Å². The highest BCUT2D eigenvalue weighted by molar-refractivity contribution is 6.33. The highest BCUT2D eigenvalue weighted by Gasteiger charge is 2.54. The Morgan fingerprint density at radius 3 is 2.62 bits per heavy atom. The van der Waals surface area contributed by atoms with Crippen LogP contribution in [0.25, 0.3) is 11.1 Å². The van der Waals surface area contributed by atoms with E-state index >= 15 is 0 Å². The predicted molar refractivity (Wildman–Crippen MR) is 79.5 cm³/mol. The molecular weight excluding hydrogens is 291 g/mol. The van der Waals surface area contributed by atoms with Crippen molar-refractivity contribution < 1.29 is 8.91 Å². The molecule has 2 aliphatic carbocycles. The summed E-state index contributed by atoms with van der Waals surface area (Å²) in [6.45, 7) is 0. The van der Waals surface area contributed by atoms with Gasteiger partial charge < -0.3 is 10.3 Å². The summed E-state index contributed by atoms with van der Waals surface area (Å²) in [5.74, 6) is 1.72. The second-order valence-electron chi connectivity index (χ2n) is 6.07. The zero-order chi connectivity index (χ0) is 14.6. The Hall–Kier alpha value is -1.55. The van der Waals surface area contributed by atoms with Crippen molar-refractivity contribution >= 4 is 17.5 Å². The van der Waals surface area contributed by atoms with Crippen LogP contribution >= 0.6 is 11.6 Å². The van der Waals surface area contributed by atoms with Gasteiger partial charge in [0.2, 0.25) is 5.88 Å². The molecule has 0 aliphatic heterocycles. The quantitative estimate of drug-likeness (QED) is 0.880. The molecule has 21 heavy (non-hydrogen) atoms. The third kappa shape index (κ3) is 2.04. The van der Waals surface area contributed by atoms with E-state index in [4.69, 9.17) is 21.9 Å². The maximum absolute atomic E-state index is 13.2. The molecular formula is C16H16ClFN2O. The van der Waals surface area contributed by atoms with Crippen LogP contribution in [0.4, 0.5) is 10.3 Å². The molecule has 0 bridgehead atoms. The maximum atomic E-state index is 13.2. The molecule has 5 heteroatoms. The SMILES string of the molecule is Nc1onc(C2C3CCCCC32)c1-c1ccc(F)cc1Cl. The van der Waals surface area contributed by atoms with Gasteiger partial charge in [-0.05, 0) is 42.9 Å². The summed E-state index contributed by atoms with van der Waals surface area (Å²) < 4.78 is 18.5. The summed E-state index contributed by atoms with van der Waals surface area (Å²) in [5, 5.41) is 4.53. The molecule has 1 aromatic carbocycles. The van der Waals surface area contributed by atoms with E-state index in [0.717, 1.165) is 11.3 Å². The first-order valence-electron chi connectivity index (χ1n) is 7.37. The van der Waals surface area contributed by atoms with Crippen molar-refractivity contribution in [2.45, 2.75) is 31.6 Å². The number of rotatable bonds is 2. The number of fused-ring (bicyclic) bond motifs is 1. The van der Waals surface area contributed by atoms with E-state index in [1.165, 1.54) is 37.8 Å². The van der Waals surface area contributed by atoms with Gasteiger partial charge in [0.05, 0.1) is 16.3 Å². The molecule has 2 N–H and O–H groups in total. The average molecular weight is 307 g/mol. The lowest BCUT2D eigenvalue weighted by molar-refractivity contribution is 0.426. The second-order valence-corrected chi connectivity index (χ2v) is 6.48. The number of nitrogens with two attached hydrogens (primary N) is 1. The van der Waals surface area contributed by atoms with Gasteiger partial charge in [0.25, 0.3) is 0 Å². The Labute approximate surface area is 127 Å². The maximum Gasteiger partial charge on any atom is 0.230 e. The van der Waals surface area contributed by atoms with Crippen molar-refractivity contribution in [1.29, 1.82) is 0 Å². The van der Waals surface area contributed by atoms with Crippen LogP contribution < -0.4 is 5.73 Å². The Bertz CT molecular complexity index is 688. The molecule has 1 aromatic heterocycles. The van der Waals surface area contributed by atoms with E-state index in [1.54, 1.807) is 6.07 Å². The van der Waals surface area contributed by atoms with Gasteiger partial charge in [0, 0.05) is 11.5 Å². The number of hydrogen-bond acceptors (Lipinski definition) is 3. The van der Waals surface area contributed by atoms with E-state index < -0.39 is 0 Å². The fourth-order valence-corrected chi connectivity index (χ4v) is 4.17. The van der Waals surface area contributed by atoms with E-state index in [-0.39, 0.29) is 11.7 Å². The number of nitrogens with zero attached hydrogens (tertiary/aromatic N) is 1. The summed E-state index contributed by atoms with van der Waals surface area (Å²) in [7, 11) is 0. The molecule has 2 unspecified atom stereocenters. The summed E-state index contributed by atoms with van der Waals surface area (Å²) in [5.41, 5.74) is 8.31. The first kappa shape index (κ1) is 13.1. The standard InChI is InChI=1S/C16H16ClFN2O/c17-12-7-8(18)5-6-11(12)14-15(20-21-16(14)19)13-9-3-1-2-4-10(9)13/h5-7,9-10,13H,1-4,19H2. The van der Waals surface area contributed by atoms with Gasteiger partial charge in [-0.2, -0.15) is 0 Å². The normalized spacial score (nSPS) is 27.4. The van der Waals surface area contributed by atoms with Gasteiger partial charge in [-0.3, -0.25) is 0 Å². The van der Waals surface area contributed by atoms with Gasteiger partial charge in [-0.1, -0.05) is 29.6 Å². The first-order chi connectivity index (χ1) is 10.2. The Morgan fingerprint density at radius 1 is 1.24 bits per heavy atom. The van der Waals surface area contributed by atoms with Crippen LogP contribution in [-0.4, -0.2) is 5.16 Å². The predicted octanol–water partition coefficient (Wildman–Crippen LogP) is 4.62. The number of aromatic nitrogens is 1. The highest BCUT2D eigenvalue weighted by atomic mass is 35.5. The van der Waals surface area contributed by atoms with Crippen LogP contribution in [0.5, 0.6) is 0 Å². The minimum atomic E-state index is -0.361. The Kier molecular flexibility index (Phi) is 2.96. The topological polar surface area (TPSA) is 52.0 Å². The minimum Gasteiger partial charge on any atom is -0.367 e. The molecule has 1 heterocycles. The molecule has 2 saturated carbocycles. The Balaban J connectivity index is 1.77. The number of benzene rings is 1. The monoisotopic (exact) mass is 306 g/mol. The number of halogens is 2. The van der Waals surface area contributed by atoms with Gasteiger partial charge in [-0.25, -0.2) is 4.39 Å². The third-order valence-electron chi connectivity index (χ3n) is 4.92. The minimum absolute atomic E-state index is 0.266. The van der Waals surface area contributed by atoms with Crippen molar-refractivity contribution in [3.63, 3.8) is 0 Å². The summed E-state index contributed by atoms with van der Waals surface area (Å²) >= 11 is 6.18. The fourth-order valence-electron chi connectivity index (χ4n) is 3.90. The van der Waals surface area contributed by atoms with Crippen molar-refractivity contribution in [2.75, 3.05) is 5.73 Å². The molecule has 4 rings (SSSR count). The zero-order valence-electron chi connectivity index (χ0n) is 11.5. The summed E-state index contributed by atoms with van der Waals surface area (Å²) in [4.78, 5) is 0. The van der Waals surface area contributed by atoms with Crippen molar-refractivity contribution in [2.24, 2.45) is 11.8 Å². The fraction of sp³-hybridized carbons (Fsp3) is 0.438. The van der Waals surface area contributed by atoms with Gasteiger partial charge in [0.1, 0.15) is 5.82 Å². The molecule has 2 fully saturated rings. The number of hydrogen-bond donors (Lipinski definition) is 1. The molecule has 2 aromatic rings. The van der Waals surface area contributed by atoms with E-state index in [1.807, 2.05) is 0 Å². The molecule has 0 saturated heterocycles. The molecule has 2 atom stereocenters. The lowest BCUT2D eigenvalue weighted by atomic mass is 10.0. The van der Waals surface area contributed by atoms with Crippen molar-refractivity contribution in [3.05, 3.63) is 34.7 Å². The first-order valence-corrected chi connectivity index (χ1v) is 7.75. The van der Waals surface area contributed by atoms with Crippen molar-refractivity contribution in [3.8, 4) is 11.1 Å². The average Bonchev–Trinajstić information content (AvgIpc) is 3.08. The smallest absolute Gasteiger partial charge is 0.230 e. The molecule has 0 amide bonds. The zero-order valence-corrected chi connectivity index (χ0v) is 12.2.